The van der Waals surface area contributed by atoms with Gasteiger partial charge < -0.3 is 15.8 Å². The molecule has 0 saturated carbocycles. The number of rotatable bonds is 6. The Bertz CT molecular complexity index is 1550. The van der Waals surface area contributed by atoms with Crippen LogP contribution in [0.15, 0.2) is 48.5 Å². The second kappa shape index (κ2) is 11.1. The van der Waals surface area contributed by atoms with Gasteiger partial charge in [0.25, 0.3) is 0 Å². The Morgan fingerprint density at radius 2 is 1.82 bits per heavy atom. The number of nitrogens with one attached hydrogen (secondary N) is 1. The van der Waals surface area contributed by atoms with Gasteiger partial charge in [-0.15, -0.1) is 15.3 Å². The molecule has 6 rings (SSSR count). The van der Waals surface area contributed by atoms with Gasteiger partial charge in [-0.05, 0) is 92.4 Å². The minimum atomic E-state index is -0.204. The number of ether oxygens (including phenoxy) is 1. The molecule has 0 bridgehead atoms. The predicted octanol–water partition coefficient (Wildman–Crippen LogP) is 3.89. The summed E-state index contributed by atoms with van der Waals surface area (Å²) in [4.78, 5) is 18.3. The number of benzene rings is 2. The molecule has 3 N–H and O–H groups in total. The van der Waals surface area contributed by atoms with Gasteiger partial charge in [-0.2, -0.15) is 9.67 Å². The first-order chi connectivity index (χ1) is 19.5. The minimum absolute atomic E-state index is 0.204. The quantitative estimate of drug-likeness (QED) is 0.278. The van der Waals surface area contributed by atoms with E-state index in [2.05, 4.69) is 60.8 Å². The number of nitrogen functional groups attached to an aromatic ring is 1. The number of aromatic nitrogens is 5. The summed E-state index contributed by atoms with van der Waals surface area (Å²) in [6.07, 6.45) is 6.86. The van der Waals surface area contributed by atoms with Gasteiger partial charge in [-0.3, -0.25) is 9.69 Å². The van der Waals surface area contributed by atoms with Crippen LogP contribution in [0.1, 0.15) is 41.5 Å². The van der Waals surface area contributed by atoms with Gasteiger partial charge in [-0.25, -0.2) is 0 Å². The number of likely N-dealkylation sites (N-methyl/N-ethyl adjacent to an activating group) is 1. The maximum atomic E-state index is 11.7. The predicted molar refractivity (Wildman–Crippen MR) is 154 cm³/mol. The van der Waals surface area contributed by atoms with Crippen LogP contribution in [0.25, 0.3) is 17.1 Å². The second-order valence-corrected chi connectivity index (χ2v) is 10.6. The largest absolute Gasteiger partial charge is 0.468 e. The van der Waals surface area contributed by atoms with Crippen LogP contribution >= 0.6 is 0 Å². The standard InChI is InChI=1S/C30H34N8O2/c1-37(18-27(39)40-2)24-14-11-19-10-13-23(16-21(19)12-15-24)32-30-33-29(31)38(36-30)26-17-22-8-5-7-20-6-3-4-9-25(20)28(22)35-34-26/h3-4,6,9-10,13,16-17,24H,5,7-8,11-12,14-15,18H2,1-2H3,(H3,31,32,33,36). The van der Waals surface area contributed by atoms with Crippen LogP contribution in [0.4, 0.5) is 17.6 Å². The summed E-state index contributed by atoms with van der Waals surface area (Å²) in [6, 6.07) is 17.1. The highest BCUT2D eigenvalue weighted by atomic mass is 16.5. The van der Waals surface area contributed by atoms with Crippen LogP contribution in [0.3, 0.4) is 0 Å². The van der Waals surface area contributed by atoms with Crippen molar-refractivity contribution in [1.29, 1.82) is 0 Å². The molecule has 4 aromatic rings. The lowest BCUT2D eigenvalue weighted by Gasteiger charge is -2.25. The SMILES string of the molecule is COC(=O)CN(C)C1CCc2ccc(Nc3nc(N)n(-c4cc5c(nn4)-c4ccccc4CCC5)n3)cc2CC1. The zero-order chi connectivity index (χ0) is 27.6. The second-order valence-electron chi connectivity index (χ2n) is 10.6. The molecule has 2 aromatic carbocycles. The zero-order valence-electron chi connectivity index (χ0n) is 22.9. The van der Waals surface area contributed by atoms with Crippen molar-refractivity contribution < 1.29 is 9.53 Å². The Labute approximate surface area is 233 Å². The molecule has 0 spiro atoms. The Morgan fingerprint density at radius 1 is 1.02 bits per heavy atom. The maximum absolute atomic E-state index is 11.7. The third kappa shape index (κ3) is 5.27. The van der Waals surface area contributed by atoms with Crippen molar-refractivity contribution in [3.05, 3.63) is 70.8 Å². The van der Waals surface area contributed by atoms with Gasteiger partial charge in [0, 0.05) is 17.3 Å². The third-order valence-electron chi connectivity index (χ3n) is 8.06. The fourth-order valence-corrected chi connectivity index (χ4v) is 5.86. The number of anilines is 3. The Kier molecular flexibility index (Phi) is 7.17. The molecule has 0 aliphatic heterocycles. The first-order valence-corrected chi connectivity index (χ1v) is 13.8. The van der Waals surface area contributed by atoms with E-state index in [4.69, 9.17) is 10.5 Å². The van der Waals surface area contributed by atoms with E-state index in [1.165, 1.54) is 28.5 Å². The molecule has 2 aliphatic rings. The average molecular weight is 539 g/mol. The molecule has 10 heteroatoms. The van der Waals surface area contributed by atoms with Gasteiger partial charge in [0.05, 0.1) is 19.3 Å². The summed E-state index contributed by atoms with van der Waals surface area (Å²) in [5.41, 5.74) is 14.3. The molecule has 1 unspecified atom stereocenters. The summed E-state index contributed by atoms with van der Waals surface area (Å²) in [7, 11) is 3.42. The zero-order valence-corrected chi connectivity index (χ0v) is 22.9. The summed E-state index contributed by atoms with van der Waals surface area (Å²) in [6.45, 7) is 0.307. The van der Waals surface area contributed by atoms with Crippen LogP contribution in [-0.4, -0.2) is 62.6 Å². The lowest BCUT2D eigenvalue weighted by atomic mass is 10.0. The maximum Gasteiger partial charge on any atom is 0.319 e. The third-order valence-corrected chi connectivity index (χ3v) is 8.06. The van der Waals surface area contributed by atoms with E-state index in [0.29, 0.717) is 24.4 Å². The van der Waals surface area contributed by atoms with Crippen molar-refractivity contribution in [3.63, 3.8) is 0 Å². The molecule has 0 radical (unpaired) electrons. The Hall–Kier alpha value is -4.31. The highest BCUT2D eigenvalue weighted by Gasteiger charge is 2.22. The smallest absolute Gasteiger partial charge is 0.319 e. The molecule has 40 heavy (non-hydrogen) atoms. The highest BCUT2D eigenvalue weighted by molar-refractivity contribution is 5.71. The normalized spacial score (nSPS) is 16.3. The molecule has 1 atom stereocenters. The van der Waals surface area contributed by atoms with E-state index in [1.54, 1.807) is 0 Å². The lowest BCUT2D eigenvalue weighted by Crippen LogP contribution is -2.36. The van der Waals surface area contributed by atoms with E-state index >= 15 is 0 Å². The van der Waals surface area contributed by atoms with Crippen molar-refractivity contribution in [3.8, 4) is 17.1 Å². The molecule has 0 saturated heterocycles. The Morgan fingerprint density at radius 3 is 2.67 bits per heavy atom. The fourth-order valence-electron chi connectivity index (χ4n) is 5.86. The summed E-state index contributed by atoms with van der Waals surface area (Å²) in [5.74, 6) is 1.00. The van der Waals surface area contributed by atoms with Gasteiger partial charge in [0.1, 0.15) is 0 Å². The van der Waals surface area contributed by atoms with Gasteiger partial charge in [-0.1, -0.05) is 30.3 Å². The number of aryl methyl sites for hydroxylation is 4. The van der Waals surface area contributed by atoms with Crippen LogP contribution in [0, 0.1) is 0 Å². The number of fused-ring (bicyclic) bond motifs is 4. The minimum Gasteiger partial charge on any atom is -0.468 e. The fraction of sp³-hybridized carbons (Fsp3) is 0.367. The van der Waals surface area contributed by atoms with Gasteiger partial charge in [0.15, 0.2) is 5.82 Å². The molecule has 10 nitrogen and oxygen atoms in total. The van der Waals surface area contributed by atoms with Gasteiger partial charge in [0.2, 0.25) is 11.9 Å². The number of esters is 1. The summed E-state index contributed by atoms with van der Waals surface area (Å²) in [5, 5.41) is 17.0. The molecule has 0 amide bonds. The molecular weight excluding hydrogens is 504 g/mol. The number of nitrogens with two attached hydrogens (primary N) is 1. The monoisotopic (exact) mass is 538 g/mol. The average Bonchev–Trinajstić information content (AvgIpc) is 3.11. The molecule has 0 fully saturated rings. The van der Waals surface area contributed by atoms with E-state index in [9.17, 15) is 4.79 Å². The number of hydrogen-bond acceptors (Lipinski definition) is 9. The van der Waals surface area contributed by atoms with Crippen LogP contribution < -0.4 is 11.1 Å². The van der Waals surface area contributed by atoms with Crippen molar-refractivity contribution in [2.24, 2.45) is 0 Å². The topological polar surface area (TPSA) is 124 Å². The first kappa shape index (κ1) is 25.9. The van der Waals surface area contributed by atoms with Crippen molar-refractivity contribution in [2.75, 3.05) is 31.8 Å². The van der Waals surface area contributed by atoms with E-state index in [1.807, 2.05) is 25.2 Å². The summed E-state index contributed by atoms with van der Waals surface area (Å²) < 4.78 is 6.38. The van der Waals surface area contributed by atoms with Crippen molar-refractivity contribution in [1.82, 2.24) is 29.9 Å². The Balaban J connectivity index is 1.18. The first-order valence-electron chi connectivity index (χ1n) is 13.8. The lowest BCUT2D eigenvalue weighted by molar-refractivity contribution is -0.142. The number of carbonyl (C=O) groups excluding carboxylic acids is 1. The molecule has 2 heterocycles. The number of methoxy groups -OCH3 is 1. The van der Waals surface area contributed by atoms with E-state index < -0.39 is 0 Å². The van der Waals surface area contributed by atoms with E-state index in [0.717, 1.165) is 67.5 Å². The molecular formula is C30H34N8O2. The van der Waals surface area contributed by atoms with Crippen molar-refractivity contribution >= 4 is 23.6 Å². The molecule has 2 aromatic heterocycles. The summed E-state index contributed by atoms with van der Waals surface area (Å²) >= 11 is 0. The van der Waals surface area contributed by atoms with Crippen molar-refractivity contribution in [2.45, 2.75) is 51.0 Å². The number of carbonyl (C=O) groups is 1. The number of nitrogens with zero attached hydrogens (tertiary/aromatic N) is 6. The van der Waals surface area contributed by atoms with Crippen LogP contribution in [0.2, 0.25) is 0 Å². The van der Waals surface area contributed by atoms with Crippen LogP contribution in [-0.2, 0) is 35.2 Å². The molecule has 2 aliphatic carbocycles. The van der Waals surface area contributed by atoms with Gasteiger partial charge >= 0.3 is 5.97 Å². The highest BCUT2D eigenvalue weighted by Crippen LogP contribution is 2.32. The van der Waals surface area contributed by atoms with Crippen LogP contribution in [0.5, 0.6) is 0 Å². The van der Waals surface area contributed by atoms with E-state index in [-0.39, 0.29) is 11.9 Å². The molecule has 206 valence electrons. The number of hydrogen-bond donors (Lipinski definition) is 2.